The van der Waals surface area contributed by atoms with E-state index in [0.29, 0.717) is 16.6 Å². The molecule has 5 heteroatoms. The lowest BCUT2D eigenvalue weighted by molar-refractivity contribution is 0.0614. The van der Waals surface area contributed by atoms with Crippen LogP contribution in [0.3, 0.4) is 0 Å². The van der Waals surface area contributed by atoms with E-state index in [4.69, 9.17) is 10.7 Å². The number of fused-ring (bicyclic) bond motifs is 2. The number of nitrogen functional groups attached to an aromatic ring is 1. The second-order valence-electron chi connectivity index (χ2n) is 7.41. The summed E-state index contributed by atoms with van der Waals surface area (Å²) in [5.41, 5.74) is 9.62. The van der Waals surface area contributed by atoms with E-state index in [-0.39, 0.29) is 5.91 Å². The molecule has 0 spiro atoms. The average Bonchev–Trinajstić information content (AvgIpc) is 2.82. The van der Waals surface area contributed by atoms with E-state index in [2.05, 4.69) is 17.9 Å². The van der Waals surface area contributed by atoms with Crippen molar-refractivity contribution in [2.45, 2.75) is 70.8 Å². The number of hydrogen-bond acceptors (Lipinski definition) is 4. The number of hydrogen-bond donors (Lipinski definition) is 1. The summed E-state index contributed by atoms with van der Waals surface area (Å²) in [7, 11) is 0. The molecule has 2 aromatic heterocycles. The average molecular weight is 358 g/mol. The van der Waals surface area contributed by atoms with E-state index in [1.54, 1.807) is 0 Å². The van der Waals surface area contributed by atoms with Crippen molar-refractivity contribution in [2.75, 3.05) is 12.3 Å². The topological polar surface area (TPSA) is 59.2 Å². The molecule has 1 fully saturated rings. The van der Waals surface area contributed by atoms with Crippen molar-refractivity contribution in [3.63, 3.8) is 0 Å². The first-order valence-electron chi connectivity index (χ1n) is 9.70. The zero-order chi connectivity index (χ0) is 17.4. The smallest absolute Gasteiger partial charge is 0.266 e. The van der Waals surface area contributed by atoms with Gasteiger partial charge in [0.25, 0.3) is 5.91 Å². The summed E-state index contributed by atoms with van der Waals surface area (Å²) in [5.74, 6) is 0.113. The van der Waals surface area contributed by atoms with Gasteiger partial charge in [-0.2, -0.15) is 0 Å². The van der Waals surface area contributed by atoms with Gasteiger partial charge in [-0.1, -0.05) is 13.3 Å². The molecule has 1 aliphatic carbocycles. The molecule has 1 atom stereocenters. The van der Waals surface area contributed by atoms with E-state index in [9.17, 15) is 4.79 Å². The number of nitrogens with zero attached hydrogens (tertiary/aromatic N) is 2. The lowest BCUT2D eigenvalue weighted by atomic mass is 9.99. The van der Waals surface area contributed by atoms with Crippen LogP contribution in [0.15, 0.2) is 6.07 Å². The van der Waals surface area contributed by atoms with Crippen LogP contribution in [-0.4, -0.2) is 28.4 Å². The minimum atomic E-state index is 0.113. The fourth-order valence-corrected chi connectivity index (χ4v) is 5.37. The van der Waals surface area contributed by atoms with Crippen LogP contribution in [0.1, 0.15) is 72.8 Å². The van der Waals surface area contributed by atoms with Gasteiger partial charge >= 0.3 is 0 Å². The van der Waals surface area contributed by atoms with Crippen molar-refractivity contribution in [1.82, 2.24) is 9.88 Å². The molecule has 2 aliphatic rings. The molecule has 25 heavy (non-hydrogen) atoms. The van der Waals surface area contributed by atoms with E-state index < -0.39 is 0 Å². The molecule has 134 valence electrons. The van der Waals surface area contributed by atoms with Crippen LogP contribution in [-0.2, 0) is 12.8 Å². The number of carbonyl (C=O) groups excluding carboxylic acids is 1. The van der Waals surface area contributed by atoms with E-state index in [1.165, 1.54) is 48.3 Å². The first kappa shape index (κ1) is 16.8. The fraction of sp³-hybridized carbons (Fsp3) is 0.600. The molecule has 0 saturated carbocycles. The summed E-state index contributed by atoms with van der Waals surface area (Å²) in [4.78, 5) is 21.7. The predicted molar refractivity (Wildman–Crippen MR) is 104 cm³/mol. The summed E-state index contributed by atoms with van der Waals surface area (Å²) >= 11 is 1.49. The molecule has 2 N–H and O–H groups in total. The van der Waals surface area contributed by atoms with Crippen molar-refractivity contribution in [1.29, 1.82) is 0 Å². The minimum absolute atomic E-state index is 0.113. The van der Waals surface area contributed by atoms with Gasteiger partial charge in [-0.3, -0.25) is 4.79 Å². The summed E-state index contributed by atoms with van der Waals surface area (Å²) in [5, 5.41) is 0.985. The second-order valence-corrected chi connectivity index (χ2v) is 8.41. The Morgan fingerprint density at radius 1 is 1.28 bits per heavy atom. The summed E-state index contributed by atoms with van der Waals surface area (Å²) < 4.78 is 0. The molecule has 2 aromatic rings. The molecule has 0 radical (unpaired) electrons. The van der Waals surface area contributed by atoms with Gasteiger partial charge in [-0.15, -0.1) is 11.3 Å². The Bertz CT molecular complexity index is 798. The number of pyridine rings is 1. The van der Waals surface area contributed by atoms with Crippen LogP contribution >= 0.6 is 11.3 Å². The number of piperidine rings is 1. The van der Waals surface area contributed by atoms with Crippen LogP contribution < -0.4 is 5.73 Å². The molecule has 0 aromatic carbocycles. The third-order valence-electron chi connectivity index (χ3n) is 5.80. The molecule has 1 aliphatic heterocycles. The Morgan fingerprint density at radius 2 is 2.12 bits per heavy atom. The standard InChI is InChI=1S/C20H27N3OS/c1-2-14-9-6-7-11-23(14)20(24)18-17(21)15-12-13-8-4-3-5-10-16(13)22-19(15)25-18/h12,14H,2-11,21H2,1H3. The SMILES string of the molecule is CCC1CCCCN1C(=O)c1sc2nc3c(cc2c1N)CCCCC3. The third kappa shape index (κ3) is 3.03. The van der Waals surface area contributed by atoms with Crippen molar-refractivity contribution in [2.24, 2.45) is 0 Å². The van der Waals surface area contributed by atoms with Crippen LogP contribution in [0.2, 0.25) is 0 Å². The summed E-state index contributed by atoms with van der Waals surface area (Å²) in [6, 6.07) is 2.56. The van der Waals surface area contributed by atoms with Crippen molar-refractivity contribution >= 4 is 33.1 Å². The summed E-state index contributed by atoms with van der Waals surface area (Å²) in [6.45, 7) is 3.03. The second kappa shape index (κ2) is 6.94. The molecular weight excluding hydrogens is 330 g/mol. The van der Waals surface area contributed by atoms with Gasteiger partial charge in [0.15, 0.2) is 0 Å². The number of rotatable bonds is 2. The molecule has 1 saturated heterocycles. The Labute approximate surface area is 153 Å². The van der Waals surface area contributed by atoms with Crippen LogP contribution in [0, 0.1) is 0 Å². The number of anilines is 1. The molecule has 3 heterocycles. The highest BCUT2D eigenvalue weighted by Gasteiger charge is 2.29. The maximum atomic E-state index is 13.2. The number of likely N-dealkylation sites (tertiary alicyclic amines) is 1. The van der Waals surface area contributed by atoms with E-state index in [1.807, 2.05) is 0 Å². The monoisotopic (exact) mass is 357 g/mol. The zero-order valence-corrected chi connectivity index (χ0v) is 15.8. The molecular formula is C20H27N3OS. The van der Waals surface area contributed by atoms with Crippen LogP contribution in [0.25, 0.3) is 10.2 Å². The zero-order valence-electron chi connectivity index (χ0n) is 15.0. The number of aromatic nitrogens is 1. The van der Waals surface area contributed by atoms with E-state index in [0.717, 1.165) is 48.9 Å². The van der Waals surface area contributed by atoms with Crippen molar-refractivity contribution in [3.05, 3.63) is 22.2 Å². The van der Waals surface area contributed by atoms with Gasteiger partial charge in [-0.25, -0.2) is 4.98 Å². The number of aryl methyl sites for hydroxylation is 2. The fourth-order valence-electron chi connectivity index (χ4n) is 4.32. The van der Waals surface area contributed by atoms with Gasteiger partial charge in [-0.05, 0) is 63.0 Å². The Balaban J connectivity index is 1.72. The minimum Gasteiger partial charge on any atom is -0.397 e. The van der Waals surface area contributed by atoms with Gasteiger partial charge in [0, 0.05) is 23.7 Å². The van der Waals surface area contributed by atoms with Gasteiger partial charge in [0.2, 0.25) is 0 Å². The Kier molecular flexibility index (Phi) is 4.67. The number of nitrogens with two attached hydrogens (primary N) is 1. The van der Waals surface area contributed by atoms with Crippen molar-refractivity contribution in [3.8, 4) is 0 Å². The highest BCUT2D eigenvalue weighted by Crippen LogP contribution is 2.37. The van der Waals surface area contributed by atoms with Crippen molar-refractivity contribution < 1.29 is 4.79 Å². The lowest BCUT2D eigenvalue weighted by Gasteiger charge is -2.35. The Morgan fingerprint density at radius 3 is 2.96 bits per heavy atom. The first-order chi connectivity index (χ1) is 12.2. The van der Waals surface area contributed by atoms with E-state index >= 15 is 0 Å². The lowest BCUT2D eigenvalue weighted by Crippen LogP contribution is -2.43. The highest BCUT2D eigenvalue weighted by molar-refractivity contribution is 7.21. The molecule has 0 bridgehead atoms. The normalized spacial score (nSPS) is 21.2. The largest absolute Gasteiger partial charge is 0.397 e. The number of amides is 1. The molecule has 1 amide bonds. The molecule has 1 unspecified atom stereocenters. The van der Waals surface area contributed by atoms with Gasteiger partial charge in [0.1, 0.15) is 9.71 Å². The van der Waals surface area contributed by atoms with Gasteiger partial charge < -0.3 is 10.6 Å². The quantitative estimate of drug-likeness (QED) is 0.802. The maximum Gasteiger partial charge on any atom is 0.266 e. The number of carbonyl (C=O) groups is 1. The first-order valence-corrected chi connectivity index (χ1v) is 10.5. The van der Waals surface area contributed by atoms with Crippen LogP contribution in [0.4, 0.5) is 5.69 Å². The summed E-state index contributed by atoms with van der Waals surface area (Å²) in [6.07, 6.45) is 10.3. The molecule has 4 rings (SSSR count). The number of thiophene rings is 1. The Hall–Kier alpha value is -1.62. The highest BCUT2D eigenvalue weighted by atomic mass is 32.1. The third-order valence-corrected chi connectivity index (χ3v) is 6.91. The van der Waals surface area contributed by atoms with Crippen LogP contribution in [0.5, 0.6) is 0 Å². The van der Waals surface area contributed by atoms with Gasteiger partial charge in [0.05, 0.1) is 5.69 Å². The maximum absolute atomic E-state index is 13.2. The molecule has 4 nitrogen and oxygen atoms in total. The predicted octanol–water partition coefficient (Wildman–Crippen LogP) is 4.55.